The Morgan fingerprint density at radius 3 is 2.58 bits per heavy atom. The number of aryl methyl sites for hydroxylation is 1. The number of aliphatic hydroxyl groups excluding tert-OH is 1. The Morgan fingerprint density at radius 1 is 1.15 bits per heavy atom. The smallest absolute Gasteiger partial charge is 0.124 e. The highest BCUT2D eigenvalue weighted by atomic mass is 16.3. The molecule has 1 N–H and O–H groups in total. The van der Waals surface area contributed by atoms with Gasteiger partial charge in [0.2, 0.25) is 0 Å². The van der Waals surface area contributed by atoms with E-state index in [2.05, 4.69) is 26.8 Å². The number of rotatable bonds is 5. The van der Waals surface area contributed by atoms with Crippen LogP contribution < -0.4 is 0 Å². The van der Waals surface area contributed by atoms with E-state index >= 15 is 0 Å². The average molecular weight is 354 g/mol. The van der Waals surface area contributed by atoms with Gasteiger partial charge < -0.3 is 9.90 Å². The van der Waals surface area contributed by atoms with Crippen LogP contribution in [-0.4, -0.2) is 29.3 Å². The molecule has 1 fully saturated rings. The molecule has 1 aromatic rings. The van der Waals surface area contributed by atoms with Gasteiger partial charge in [0, 0.05) is 18.6 Å². The monoisotopic (exact) mass is 353 g/mol. The van der Waals surface area contributed by atoms with E-state index in [4.69, 9.17) is 4.99 Å². The van der Waals surface area contributed by atoms with Gasteiger partial charge in [-0.2, -0.15) is 0 Å². The Balaban J connectivity index is 1.84. The minimum absolute atomic E-state index is 0.0198. The standard InChI is InChI=1S/C23H31NO2/c1-15-13-19(11-12-25)16(2)17(3)21(15)14-20-9-10-22(26)23(24-20)18-7-5-4-6-8-18/h9-10,12-13,18,22-23,26H,4-8,11,14H2,1-3H3. The molecule has 2 aliphatic rings. The van der Waals surface area contributed by atoms with Crippen molar-refractivity contribution in [1.82, 2.24) is 0 Å². The third-order valence-electron chi connectivity index (χ3n) is 6.31. The Bertz CT molecular complexity index is 726. The molecule has 1 heterocycles. The number of aldehydes is 1. The fraction of sp³-hybridized carbons (Fsp3) is 0.565. The lowest BCUT2D eigenvalue weighted by Crippen LogP contribution is -2.35. The SMILES string of the molecule is Cc1cc(CC=O)c(C)c(C)c1CC1=NC(C2CCCCC2)C(O)C=C1. The molecule has 0 bridgehead atoms. The normalized spacial score (nSPS) is 23.8. The van der Waals surface area contributed by atoms with E-state index < -0.39 is 6.10 Å². The zero-order chi connectivity index (χ0) is 18.7. The van der Waals surface area contributed by atoms with Crippen molar-refractivity contribution in [2.45, 2.75) is 77.9 Å². The van der Waals surface area contributed by atoms with Crippen molar-refractivity contribution in [3.05, 3.63) is 46.0 Å². The molecule has 1 aliphatic carbocycles. The van der Waals surface area contributed by atoms with Gasteiger partial charge >= 0.3 is 0 Å². The minimum atomic E-state index is -0.444. The van der Waals surface area contributed by atoms with Crippen LogP contribution in [0, 0.1) is 26.7 Å². The summed E-state index contributed by atoms with van der Waals surface area (Å²) in [5.41, 5.74) is 7.19. The summed E-state index contributed by atoms with van der Waals surface area (Å²) in [4.78, 5) is 15.9. The van der Waals surface area contributed by atoms with E-state index in [-0.39, 0.29) is 6.04 Å². The van der Waals surface area contributed by atoms with Gasteiger partial charge in [0.05, 0.1) is 12.1 Å². The van der Waals surface area contributed by atoms with Crippen LogP contribution in [-0.2, 0) is 17.6 Å². The first-order valence-corrected chi connectivity index (χ1v) is 9.96. The third-order valence-corrected chi connectivity index (χ3v) is 6.31. The predicted molar refractivity (Wildman–Crippen MR) is 107 cm³/mol. The van der Waals surface area contributed by atoms with Crippen LogP contribution in [0.15, 0.2) is 23.2 Å². The highest BCUT2D eigenvalue weighted by Crippen LogP contribution is 2.32. The van der Waals surface area contributed by atoms with Gasteiger partial charge in [-0.1, -0.05) is 31.4 Å². The molecular formula is C23H31NO2. The number of hydrogen-bond donors (Lipinski definition) is 1. The maximum Gasteiger partial charge on any atom is 0.124 e. The maximum atomic E-state index is 10.9. The molecule has 2 atom stereocenters. The van der Waals surface area contributed by atoms with Crippen LogP contribution in [0.25, 0.3) is 0 Å². The van der Waals surface area contributed by atoms with Crippen molar-refractivity contribution in [2.75, 3.05) is 0 Å². The number of carbonyl (C=O) groups is 1. The number of aliphatic hydroxyl groups is 1. The number of dihydropyridines is 1. The molecule has 140 valence electrons. The number of nitrogens with zero attached hydrogens (tertiary/aromatic N) is 1. The summed E-state index contributed by atoms with van der Waals surface area (Å²) < 4.78 is 0. The quantitative estimate of drug-likeness (QED) is 0.806. The lowest BCUT2D eigenvalue weighted by molar-refractivity contribution is -0.107. The minimum Gasteiger partial charge on any atom is -0.387 e. The van der Waals surface area contributed by atoms with Gasteiger partial charge in [0.1, 0.15) is 6.29 Å². The van der Waals surface area contributed by atoms with Gasteiger partial charge in [0.25, 0.3) is 0 Å². The van der Waals surface area contributed by atoms with Gasteiger partial charge in [-0.05, 0) is 73.4 Å². The van der Waals surface area contributed by atoms with Crippen molar-refractivity contribution in [2.24, 2.45) is 10.9 Å². The summed E-state index contributed by atoms with van der Waals surface area (Å²) in [5, 5.41) is 10.4. The fourth-order valence-electron chi connectivity index (χ4n) is 4.57. The molecule has 2 unspecified atom stereocenters. The number of allylic oxidation sites excluding steroid dienone is 1. The highest BCUT2D eigenvalue weighted by Gasteiger charge is 2.30. The first-order valence-electron chi connectivity index (χ1n) is 9.96. The number of benzene rings is 1. The third kappa shape index (κ3) is 3.98. The Hall–Kier alpha value is -1.74. The van der Waals surface area contributed by atoms with Gasteiger partial charge in [0.15, 0.2) is 0 Å². The summed E-state index contributed by atoms with van der Waals surface area (Å²) in [5.74, 6) is 0.512. The van der Waals surface area contributed by atoms with E-state index in [1.54, 1.807) is 0 Å². The Morgan fingerprint density at radius 2 is 1.88 bits per heavy atom. The topological polar surface area (TPSA) is 49.7 Å². The van der Waals surface area contributed by atoms with Crippen molar-refractivity contribution < 1.29 is 9.90 Å². The van der Waals surface area contributed by atoms with Crippen molar-refractivity contribution in [3.8, 4) is 0 Å². The summed E-state index contributed by atoms with van der Waals surface area (Å²) in [6.07, 6.45) is 11.9. The van der Waals surface area contributed by atoms with Crippen LogP contribution in [0.1, 0.15) is 59.9 Å². The first-order chi connectivity index (χ1) is 12.5. The van der Waals surface area contributed by atoms with E-state index in [1.807, 2.05) is 12.2 Å². The van der Waals surface area contributed by atoms with Crippen LogP contribution in [0.3, 0.4) is 0 Å². The van der Waals surface area contributed by atoms with E-state index in [0.29, 0.717) is 12.3 Å². The van der Waals surface area contributed by atoms with Crippen LogP contribution in [0.5, 0.6) is 0 Å². The molecule has 26 heavy (non-hydrogen) atoms. The molecule has 0 radical (unpaired) electrons. The van der Waals surface area contributed by atoms with Crippen molar-refractivity contribution in [3.63, 3.8) is 0 Å². The Labute approximate surface area is 157 Å². The molecule has 3 nitrogen and oxygen atoms in total. The van der Waals surface area contributed by atoms with Crippen LogP contribution in [0.4, 0.5) is 0 Å². The summed E-state index contributed by atoms with van der Waals surface area (Å²) >= 11 is 0. The molecule has 1 aromatic carbocycles. The largest absolute Gasteiger partial charge is 0.387 e. The summed E-state index contributed by atoms with van der Waals surface area (Å²) in [6.45, 7) is 6.37. The molecule has 1 saturated carbocycles. The highest BCUT2D eigenvalue weighted by molar-refractivity contribution is 5.97. The molecular weight excluding hydrogens is 322 g/mol. The molecule has 0 spiro atoms. The van der Waals surface area contributed by atoms with E-state index in [0.717, 1.165) is 24.0 Å². The summed E-state index contributed by atoms with van der Waals surface area (Å²) in [7, 11) is 0. The summed E-state index contributed by atoms with van der Waals surface area (Å²) in [6, 6.07) is 2.17. The maximum absolute atomic E-state index is 10.9. The second-order valence-electron chi connectivity index (χ2n) is 7.99. The zero-order valence-electron chi connectivity index (χ0n) is 16.3. The van der Waals surface area contributed by atoms with Gasteiger partial charge in [-0.3, -0.25) is 4.99 Å². The molecule has 1 aliphatic heterocycles. The van der Waals surface area contributed by atoms with Gasteiger partial charge in [-0.25, -0.2) is 0 Å². The predicted octanol–water partition coefficient (Wildman–Crippen LogP) is 4.22. The Kier molecular flexibility index (Phi) is 6.08. The number of hydrogen-bond acceptors (Lipinski definition) is 3. The lowest BCUT2D eigenvalue weighted by atomic mass is 9.81. The molecule has 3 heteroatoms. The first kappa shape index (κ1) is 19.0. The fourth-order valence-corrected chi connectivity index (χ4v) is 4.57. The van der Waals surface area contributed by atoms with Crippen LogP contribution in [0.2, 0.25) is 0 Å². The van der Waals surface area contributed by atoms with E-state index in [9.17, 15) is 9.90 Å². The number of carbonyl (C=O) groups excluding carboxylic acids is 1. The van der Waals surface area contributed by atoms with Crippen molar-refractivity contribution >= 4 is 12.0 Å². The van der Waals surface area contributed by atoms with Crippen molar-refractivity contribution in [1.29, 1.82) is 0 Å². The van der Waals surface area contributed by atoms with Crippen LogP contribution >= 0.6 is 0 Å². The van der Waals surface area contributed by atoms with E-state index in [1.165, 1.54) is 54.4 Å². The average Bonchev–Trinajstić information content (AvgIpc) is 2.65. The second kappa shape index (κ2) is 8.30. The molecule has 3 rings (SSSR count). The lowest BCUT2D eigenvalue weighted by Gasteiger charge is -2.32. The molecule has 0 saturated heterocycles. The molecule has 0 amide bonds. The van der Waals surface area contributed by atoms with Gasteiger partial charge in [-0.15, -0.1) is 0 Å². The second-order valence-corrected chi connectivity index (χ2v) is 7.99. The molecule has 0 aromatic heterocycles. The zero-order valence-corrected chi connectivity index (χ0v) is 16.3. The number of aliphatic imine (C=N–C) groups is 1.